The van der Waals surface area contributed by atoms with Gasteiger partial charge in [-0.25, -0.2) is 4.98 Å². The topological polar surface area (TPSA) is 92.3 Å². The lowest BCUT2D eigenvalue weighted by Crippen LogP contribution is -2.22. The van der Waals surface area contributed by atoms with Crippen LogP contribution >= 0.6 is 0 Å². The number of nitrogens with two attached hydrogens (primary N) is 1. The molecule has 0 aliphatic carbocycles. The summed E-state index contributed by atoms with van der Waals surface area (Å²) in [7, 11) is 0. The molecule has 3 N–H and O–H groups in total. The predicted molar refractivity (Wildman–Crippen MR) is 113 cm³/mol. The van der Waals surface area contributed by atoms with Crippen molar-refractivity contribution in [2.45, 2.75) is 6.42 Å². The molecule has 0 spiro atoms. The van der Waals surface area contributed by atoms with E-state index in [9.17, 15) is 0 Å². The molecule has 1 aromatic carbocycles. The number of rotatable bonds is 7. The smallest absolute Gasteiger partial charge is 0.221 e. The first-order chi connectivity index (χ1) is 13.8. The van der Waals surface area contributed by atoms with Gasteiger partial charge in [-0.15, -0.1) is 0 Å². The van der Waals surface area contributed by atoms with Crippen LogP contribution in [0.3, 0.4) is 0 Å². The summed E-state index contributed by atoms with van der Waals surface area (Å²) in [6.07, 6.45) is 8.30. The number of nitrogen functional groups attached to an aromatic ring is 1. The van der Waals surface area contributed by atoms with E-state index in [1.807, 2.05) is 24.5 Å². The van der Waals surface area contributed by atoms with Gasteiger partial charge in [0, 0.05) is 43.8 Å². The third-order valence-corrected chi connectivity index (χ3v) is 4.67. The lowest BCUT2D eigenvalue weighted by molar-refractivity contribution is 0.461. The largest absolute Gasteiger partial charge is 0.369 e. The van der Waals surface area contributed by atoms with Crippen molar-refractivity contribution in [2.75, 3.05) is 37.2 Å². The lowest BCUT2D eigenvalue weighted by Gasteiger charge is -2.15. The fourth-order valence-corrected chi connectivity index (χ4v) is 3.23. The van der Waals surface area contributed by atoms with Crippen LogP contribution in [0.5, 0.6) is 0 Å². The van der Waals surface area contributed by atoms with Crippen molar-refractivity contribution in [2.24, 2.45) is 4.99 Å². The van der Waals surface area contributed by atoms with Crippen LogP contribution in [-0.4, -0.2) is 52.4 Å². The zero-order valence-corrected chi connectivity index (χ0v) is 15.6. The molecule has 142 valence electrons. The number of aliphatic imine (C=N–C) groups is 1. The molecule has 4 rings (SSSR count). The van der Waals surface area contributed by atoms with E-state index >= 15 is 0 Å². The molecule has 0 amide bonds. The maximum absolute atomic E-state index is 5.84. The molecular formula is C21H23N7. The molecule has 1 aliphatic rings. The molecule has 3 heterocycles. The fraction of sp³-hybridized carbons (Fsp3) is 0.238. The van der Waals surface area contributed by atoms with E-state index in [-0.39, 0.29) is 5.95 Å². The summed E-state index contributed by atoms with van der Waals surface area (Å²) in [5.74, 6) is 1.03. The van der Waals surface area contributed by atoms with Crippen LogP contribution in [0.25, 0.3) is 22.3 Å². The Bertz CT molecular complexity index is 956. The Morgan fingerprint density at radius 2 is 1.93 bits per heavy atom. The highest BCUT2D eigenvalue weighted by molar-refractivity contribution is 5.79. The molecule has 7 nitrogen and oxygen atoms in total. The van der Waals surface area contributed by atoms with E-state index in [1.54, 1.807) is 18.6 Å². The van der Waals surface area contributed by atoms with Gasteiger partial charge in [0.25, 0.3) is 0 Å². The van der Waals surface area contributed by atoms with Gasteiger partial charge in [0.1, 0.15) is 5.82 Å². The van der Waals surface area contributed by atoms with Crippen LogP contribution < -0.4 is 11.1 Å². The first-order valence-corrected chi connectivity index (χ1v) is 9.41. The van der Waals surface area contributed by atoms with E-state index in [4.69, 9.17) is 5.73 Å². The molecule has 0 radical (unpaired) electrons. The highest BCUT2D eigenvalue weighted by Gasteiger charge is 2.10. The molecule has 0 unspecified atom stereocenters. The van der Waals surface area contributed by atoms with Gasteiger partial charge in [-0.2, -0.15) is 4.98 Å². The van der Waals surface area contributed by atoms with Crippen LogP contribution in [0.1, 0.15) is 6.42 Å². The Kier molecular flexibility index (Phi) is 5.42. The minimum atomic E-state index is 0.267. The van der Waals surface area contributed by atoms with E-state index in [0.717, 1.165) is 60.7 Å². The SMILES string of the molecule is Nc1ncc(-c2cccc(-c3ccncc3)c2)c(NCCCN2C=NCC2)n1. The summed E-state index contributed by atoms with van der Waals surface area (Å²) >= 11 is 0. The summed E-state index contributed by atoms with van der Waals surface area (Å²) in [5.41, 5.74) is 10.1. The second-order valence-electron chi connectivity index (χ2n) is 6.65. The number of nitrogens with one attached hydrogen (secondary N) is 1. The summed E-state index contributed by atoms with van der Waals surface area (Å²) < 4.78 is 0. The minimum absolute atomic E-state index is 0.267. The van der Waals surface area contributed by atoms with E-state index in [1.165, 1.54) is 0 Å². The molecule has 0 bridgehead atoms. The second-order valence-corrected chi connectivity index (χ2v) is 6.65. The van der Waals surface area contributed by atoms with Crippen LogP contribution in [0.15, 0.2) is 60.0 Å². The standard InChI is InChI=1S/C21H23N7/c22-21-26-14-19(20(27-21)25-7-2-11-28-12-10-24-15-28)18-4-1-3-17(13-18)16-5-8-23-9-6-16/h1,3-6,8-9,13-15H,2,7,10-12H2,(H3,22,25,26,27). The molecule has 3 aromatic rings. The van der Waals surface area contributed by atoms with E-state index in [2.05, 4.69) is 48.4 Å². The third kappa shape index (κ3) is 4.25. The Hall–Kier alpha value is -3.48. The highest BCUT2D eigenvalue weighted by Crippen LogP contribution is 2.30. The molecule has 2 aromatic heterocycles. The first kappa shape index (κ1) is 17.9. The molecular weight excluding hydrogens is 350 g/mol. The van der Waals surface area contributed by atoms with Gasteiger partial charge in [0.05, 0.1) is 12.9 Å². The number of anilines is 2. The zero-order chi connectivity index (χ0) is 19.2. The van der Waals surface area contributed by atoms with Gasteiger partial charge in [0.15, 0.2) is 0 Å². The molecule has 0 atom stereocenters. The average molecular weight is 373 g/mol. The van der Waals surface area contributed by atoms with Crippen LogP contribution in [0, 0.1) is 0 Å². The minimum Gasteiger partial charge on any atom is -0.369 e. The second kappa shape index (κ2) is 8.47. The van der Waals surface area contributed by atoms with Crippen molar-refractivity contribution in [3.8, 4) is 22.3 Å². The summed E-state index contributed by atoms with van der Waals surface area (Å²) in [4.78, 5) is 19.2. The molecule has 1 aliphatic heterocycles. The maximum Gasteiger partial charge on any atom is 0.221 e. The molecule has 7 heteroatoms. The highest BCUT2D eigenvalue weighted by atomic mass is 15.2. The van der Waals surface area contributed by atoms with Crippen molar-refractivity contribution in [3.63, 3.8) is 0 Å². The van der Waals surface area contributed by atoms with Crippen molar-refractivity contribution in [1.29, 1.82) is 0 Å². The zero-order valence-electron chi connectivity index (χ0n) is 15.6. The van der Waals surface area contributed by atoms with Crippen molar-refractivity contribution >= 4 is 18.1 Å². The number of hydrogen-bond acceptors (Lipinski definition) is 7. The van der Waals surface area contributed by atoms with Crippen molar-refractivity contribution in [3.05, 3.63) is 55.0 Å². The average Bonchev–Trinajstić information content (AvgIpc) is 3.26. The monoisotopic (exact) mass is 373 g/mol. The number of aromatic nitrogens is 3. The Labute approximate surface area is 164 Å². The number of hydrogen-bond donors (Lipinski definition) is 2. The van der Waals surface area contributed by atoms with Crippen LogP contribution in [0.4, 0.5) is 11.8 Å². The van der Waals surface area contributed by atoms with Crippen LogP contribution in [-0.2, 0) is 0 Å². The van der Waals surface area contributed by atoms with E-state index in [0.29, 0.717) is 0 Å². The summed E-state index contributed by atoms with van der Waals surface area (Å²) in [5, 5.41) is 3.42. The van der Waals surface area contributed by atoms with Gasteiger partial charge < -0.3 is 16.0 Å². The summed E-state index contributed by atoms with van der Waals surface area (Å²) in [6, 6.07) is 12.3. The van der Waals surface area contributed by atoms with Gasteiger partial charge in [-0.1, -0.05) is 18.2 Å². The van der Waals surface area contributed by atoms with Crippen LogP contribution in [0.2, 0.25) is 0 Å². The first-order valence-electron chi connectivity index (χ1n) is 9.41. The van der Waals surface area contributed by atoms with Gasteiger partial charge >= 0.3 is 0 Å². The fourth-order valence-electron chi connectivity index (χ4n) is 3.23. The quantitative estimate of drug-likeness (QED) is 0.619. The third-order valence-electron chi connectivity index (χ3n) is 4.67. The normalized spacial score (nSPS) is 13.1. The predicted octanol–water partition coefficient (Wildman–Crippen LogP) is 2.93. The Morgan fingerprint density at radius 3 is 2.75 bits per heavy atom. The molecule has 28 heavy (non-hydrogen) atoms. The lowest BCUT2D eigenvalue weighted by atomic mass is 10.0. The number of pyridine rings is 1. The van der Waals surface area contributed by atoms with Gasteiger partial charge in [-0.3, -0.25) is 9.98 Å². The van der Waals surface area contributed by atoms with Gasteiger partial charge in [0.2, 0.25) is 5.95 Å². The molecule has 0 fully saturated rings. The Morgan fingerprint density at radius 1 is 1.07 bits per heavy atom. The number of benzene rings is 1. The van der Waals surface area contributed by atoms with Crippen molar-refractivity contribution in [1.82, 2.24) is 19.9 Å². The Balaban J connectivity index is 1.52. The number of nitrogens with zero attached hydrogens (tertiary/aromatic N) is 5. The maximum atomic E-state index is 5.84. The molecule has 0 saturated heterocycles. The van der Waals surface area contributed by atoms with Crippen molar-refractivity contribution < 1.29 is 0 Å². The summed E-state index contributed by atoms with van der Waals surface area (Å²) in [6.45, 7) is 3.68. The van der Waals surface area contributed by atoms with E-state index < -0.39 is 0 Å². The molecule has 0 saturated carbocycles. The van der Waals surface area contributed by atoms with Gasteiger partial charge in [-0.05, 0) is 41.3 Å².